The van der Waals surface area contributed by atoms with E-state index in [0.717, 1.165) is 52.9 Å². The van der Waals surface area contributed by atoms with E-state index in [2.05, 4.69) is 56.1 Å². The van der Waals surface area contributed by atoms with Gasteiger partial charge >= 0.3 is 0 Å². The molecule has 0 unspecified atom stereocenters. The number of halogens is 2. The van der Waals surface area contributed by atoms with Crippen molar-refractivity contribution < 1.29 is 18.9 Å². The van der Waals surface area contributed by atoms with Crippen LogP contribution in [0.15, 0.2) is 36.4 Å². The van der Waals surface area contributed by atoms with Crippen LogP contribution in [0, 0.1) is 11.8 Å². The summed E-state index contributed by atoms with van der Waals surface area (Å²) in [5.74, 6) is 4.25. The molecule has 0 spiro atoms. The third-order valence-corrected chi connectivity index (χ3v) is 7.02. The number of benzene rings is 2. The van der Waals surface area contributed by atoms with Gasteiger partial charge in [-0.3, -0.25) is 0 Å². The predicted molar refractivity (Wildman–Crippen MR) is 140 cm³/mol. The fourth-order valence-electron chi connectivity index (χ4n) is 4.27. The van der Waals surface area contributed by atoms with Gasteiger partial charge in [0.05, 0.1) is 28.4 Å². The molecule has 2 aromatic carbocycles. The van der Waals surface area contributed by atoms with Crippen molar-refractivity contribution in [3.05, 3.63) is 47.5 Å². The monoisotopic (exact) mass is 570 g/mol. The van der Waals surface area contributed by atoms with Crippen LogP contribution in [0.4, 0.5) is 0 Å². The fraction of sp³-hybridized carbons (Fsp3) is 0.538. The smallest absolute Gasteiger partial charge is 0.160 e. The number of methoxy groups -OCH3 is 4. The second-order valence-corrected chi connectivity index (χ2v) is 9.56. The third kappa shape index (κ3) is 7.87. The van der Waals surface area contributed by atoms with Crippen molar-refractivity contribution in [2.24, 2.45) is 11.8 Å². The first-order chi connectivity index (χ1) is 15.6. The third-order valence-electron chi connectivity index (χ3n) is 6.00. The van der Waals surface area contributed by atoms with Crippen molar-refractivity contribution in [2.45, 2.75) is 38.5 Å². The molecule has 0 aromatic heterocycles. The molecule has 178 valence electrons. The van der Waals surface area contributed by atoms with Crippen molar-refractivity contribution >= 4 is 31.9 Å². The van der Waals surface area contributed by atoms with Gasteiger partial charge in [-0.1, -0.05) is 50.4 Å². The second kappa shape index (κ2) is 14.7. The van der Waals surface area contributed by atoms with Gasteiger partial charge in [-0.15, -0.1) is 0 Å². The molecule has 0 heterocycles. The number of ether oxygens (including phenoxy) is 4. The molecule has 6 heteroatoms. The average molecular weight is 572 g/mol. The van der Waals surface area contributed by atoms with Gasteiger partial charge in [0.1, 0.15) is 0 Å². The molecule has 32 heavy (non-hydrogen) atoms. The lowest BCUT2D eigenvalue weighted by Gasteiger charge is -2.28. The molecule has 2 aromatic rings. The molecular formula is C26H36Br2O4. The first kappa shape index (κ1) is 26.8. The summed E-state index contributed by atoms with van der Waals surface area (Å²) in [7, 11) is 6.74. The van der Waals surface area contributed by atoms with Gasteiger partial charge in [-0.2, -0.15) is 0 Å². The topological polar surface area (TPSA) is 36.9 Å². The van der Waals surface area contributed by atoms with Gasteiger partial charge in [0.15, 0.2) is 23.0 Å². The zero-order chi connectivity index (χ0) is 23.3. The first-order valence-corrected chi connectivity index (χ1v) is 13.4. The summed E-state index contributed by atoms with van der Waals surface area (Å²) in [4.78, 5) is 0. The Morgan fingerprint density at radius 3 is 1.47 bits per heavy atom. The van der Waals surface area contributed by atoms with Crippen molar-refractivity contribution in [2.75, 3.05) is 39.1 Å². The maximum atomic E-state index is 5.54. The molecule has 4 nitrogen and oxygen atoms in total. The zero-order valence-corrected chi connectivity index (χ0v) is 22.8. The normalized spacial score (nSPS) is 12.8. The molecule has 0 radical (unpaired) electrons. The summed E-state index contributed by atoms with van der Waals surface area (Å²) in [5.41, 5.74) is 2.57. The highest BCUT2D eigenvalue weighted by molar-refractivity contribution is 9.09. The second-order valence-electron chi connectivity index (χ2n) is 7.97. The van der Waals surface area contributed by atoms with E-state index in [1.807, 2.05) is 12.1 Å². The van der Waals surface area contributed by atoms with Crippen molar-refractivity contribution in [1.29, 1.82) is 0 Å². The molecule has 0 fully saturated rings. The van der Waals surface area contributed by atoms with Gasteiger partial charge in [0, 0.05) is 10.7 Å². The van der Waals surface area contributed by atoms with Crippen molar-refractivity contribution in [1.82, 2.24) is 0 Å². The summed E-state index contributed by atoms with van der Waals surface area (Å²) >= 11 is 7.29. The molecule has 0 aliphatic rings. The Kier molecular flexibility index (Phi) is 12.3. The minimum Gasteiger partial charge on any atom is -0.493 e. The predicted octanol–water partition coefficient (Wildman–Crippen LogP) is 7.09. The average Bonchev–Trinajstić information content (AvgIpc) is 2.83. The lowest BCUT2D eigenvalue weighted by Crippen LogP contribution is -2.21. The van der Waals surface area contributed by atoms with Crippen LogP contribution < -0.4 is 18.9 Å². The number of alkyl halides is 2. The summed E-state index contributed by atoms with van der Waals surface area (Å²) in [5, 5.41) is 2.04. The highest BCUT2D eigenvalue weighted by Crippen LogP contribution is 2.35. The molecule has 0 bridgehead atoms. The summed E-state index contributed by atoms with van der Waals surface area (Å²) in [6, 6.07) is 12.6. The molecule has 0 saturated carbocycles. The van der Waals surface area contributed by atoms with Crippen molar-refractivity contribution in [3.8, 4) is 23.0 Å². The Morgan fingerprint density at radius 2 is 1.06 bits per heavy atom. The van der Waals surface area contributed by atoms with E-state index in [4.69, 9.17) is 18.9 Å². The van der Waals surface area contributed by atoms with E-state index in [9.17, 15) is 0 Å². The van der Waals surface area contributed by atoms with Crippen LogP contribution in [-0.2, 0) is 12.8 Å². The lowest BCUT2D eigenvalue weighted by atomic mass is 9.78. The standard InChI is InChI=1S/C26H36Br2O4/c1-29-23-10-8-19(17-25(23)31-3)15-21(7-5-6-13-27)22(12-14-28)16-20-9-11-24(30-2)26(18-20)32-4/h8-11,17-18,21-22H,5-7,12-16H2,1-4H3/t21-,22-/m0/s1. The minimum absolute atomic E-state index is 0.552. The molecule has 2 atom stereocenters. The van der Waals surface area contributed by atoms with Gasteiger partial charge in [-0.25, -0.2) is 0 Å². The highest BCUT2D eigenvalue weighted by Gasteiger charge is 2.23. The highest BCUT2D eigenvalue weighted by atomic mass is 79.9. The molecule has 0 N–H and O–H groups in total. The maximum Gasteiger partial charge on any atom is 0.160 e. The molecule has 2 rings (SSSR count). The van der Waals surface area contributed by atoms with Crippen LogP contribution in [0.5, 0.6) is 23.0 Å². The van der Waals surface area contributed by atoms with Crippen LogP contribution in [0.1, 0.15) is 36.8 Å². The van der Waals surface area contributed by atoms with E-state index in [-0.39, 0.29) is 0 Å². The summed E-state index contributed by atoms with van der Waals surface area (Å²) in [6.45, 7) is 0. The van der Waals surface area contributed by atoms with E-state index >= 15 is 0 Å². The molecule has 0 aliphatic heterocycles. The molecule has 0 saturated heterocycles. The van der Waals surface area contributed by atoms with Crippen LogP contribution >= 0.6 is 31.9 Å². The van der Waals surface area contributed by atoms with Crippen LogP contribution in [-0.4, -0.2) is 39.1 Å². The summed E-state index contributed by atoms with van der Waals surface area (Å²) < 4.78 is 21.9. The molecule has 0 aliphatic carbocycles. The van der Waals surface area contributed by atoms with Crippen LogP contribution in [0.2, 0.25) is 0 Å². The van der Waals surface area contributed by atoms with E-state index in [1.54, 1.807) is 28.4 Å². The Balaban J connectivity index is 2.27. The van der Waals surface area contributed by atoms with E-state index < -0.39 is 0 Å². The Bertz CT molecular complexity index is 812. The first-order valence-electron chi connectivity index (χ1n) is 11.1. The quantitative estimate of drug-likeness (QED) is 0.169. The number of unbranched alkanes of at least 4 members (excludes halogenated alkanes) is 1. The van der Waals surface area contributed by atoms with Gasteiger partial charge in [0.2, 0.25) is 0 Å². The lowest BCUT2D eigenvalue weighted by molar-refractivity contribution is 0.293. The Morgan fingerprint density at radius 1 is 0.594 bits per heavy atom. The SMILES string of the molecule is COc1ccc(C[C@H](CCBr)[C@@H](CCCCBr)Cc2ccc(OC)c(OC)c2)cc1OC. The molecular weight excluding hydrogens is 536 g/mol. The van der Waals surface area contributed by atoms with Crippen molar-refractivity contribution in [3.63, 3.8) is 0 Å². The number of hydrogen-bond donors (Lipinski definition) is 0. The van der Waals surface area contributed by atoms with Crippen LogP contribution in [0.3, 0.4) is 0 Å². The minimum atomic E-state index is 0.552. The number of hydrogen-bond acceptors (Lipinski definition) is 4. The largest absolute Gasteiger partial charge is 0.493 e. The van der Waals surface area contributed by atoms with Gasteiger partial charge < -0.3 is 18.9 Å². The van der Waals surface area contributed by atoms with E-state index in [0.29, 0.717) is 11.8 Å². The Hall–Kier alpha value is -1.40. The van der Waals surface area contributed by atoms with Gasteiger partial charge in [-0.05, 0) is 79.3 Å². The van der Waals surface area contributed by atoms with E-state index in [1.165, 1.54) is 30.4 Å². The fourth-order valence-corrected chi connectivity index (χ4v) is 5.26. The maximum absolute atomic E-state index is 5.54. The number of rotatable bonds is 15. The van der Waals surface area contributed by atoms with Gasteiger partial charge in [0.25, 0.3) is 0 Å². The van der Waals surface area contributed by atoms with Crippen LogP contribution in [0.25, 0.3) is 0 Å². The zero-order valence-electron chi connectivity index (χ0n) is 19.7. The molecule has 0 amide bonds. The Labute approximate surface area is 210 Å². The summed E-state index contributed by atoms with van der Waals surface area (Å²) in [6.07, 6.45) is 6.77.